The number of alkyl halides is 3. The first-order valence-corrected chi connectivity index (χ1v) is 12.4. The fraction of sp³-hybridized carbons (Fsp3) is 0.172. The van der Waals surface area contributed by atoms with Gasteiger partial charge in [0.05, 0.1) is 23.4 Å². The molecule has 8 nitrogen and oxygen atoms in total. The van der Waals surface area contributed by atoms with Crippen LogP contribution in [0.1, 0.15) is 33.7 Å². The number of nitrogens with two attached hydrogens (primary N) is 1. The molecule has 4 heterocycles. The Bertz CT molecular complexity index is 1690. The van der Waals surface area contributed by atoms with Crippen LogP contribution in [0.15, 0.2) is 77.1 Å². The Morgan fingerprint density at radius 1 is 1.12 bits per heavy atom. The molecule has 1 fully saturated rings. The average Bonchev–Trinajstić information content (AvgIpc) is 3.33. The van der Waals surface area contributed by atoms with Crippen molar-refractivity contribution in [2.75, 3.05) is 12.3 Å². The number of amides is 2. The molecule has 2 amide bonds. The van der Waals surface area contributed by atoms with Crippen LogP contribution in [0.25, 0.3) is 28.3 Å². The van der Waals surface area contributed by atoms with Crippen LogP contribution in [0.5, 0.6) is 0 Å². The van der Waals surface area contributed by atoms with E-state index < -0.39 is 17.6 Å². The number of pyridine rings is 2. The highest BCUT2D eigenvalue weighted by molar-refractivity contribution is 5.96. The number of halogens is 3. The summed E-state index contributed by atoms with van der Waals surface area (Å²) in [5.74, 6) is 0.310. The fourth-order valence-corrected chi connectivity index (χ4v) is 4.63. The van der Waals surface area contributed by atoms with Gasteiger partial charge in [-0.1, -0.05) is 0 Å². The molecule has 0 bridgehead atoms. The standard InChI is InChI=1S/C29H22F3N5O3/c30-29(31,32)23-10-18(24-4-3-17(12-34-24)28(39)37-14-20-8-21(20)15-37)7-19-9-22(40-27(19)23)13-36-26(38)6-2-16-1-5-25(33)35-11-16/h1-7,9-12,14,21H,8,13,15H2,(H2,33,35)(H,36,38)/b6-2+. The van der Waals surface area contributed by atoms with E-state index in [9.17, 15) is 22.8 Å². The number of nitrogen functional groups attached to an aromatic ring is 1. The molecule has 0 radical (unpaired) electrons. The number of benzene rings is 1. The smallest absolute Gasteiger partial charge is 0.420 e. The summed E-state index contributed by atoms with van der Waals surface area (Å²) in [6, 6.07) is 10.3. The Hall–Kier alpha value is -4.93. The van der Waals surface area contributed by atoms with E-state index in [1.807, 2.05) is 6.20 Å². The Labute approximate surface area is 226 Å². The SMILES string of the molecule is Nc1ccc(/C=C/C(=O)NCc2cc3cc(-c4ccc(C(=O)N5C=C6CC6C5)cn4)cc(C(F)(F)F)c3o2)cn1. The minimum absolute atomic E-state index is 0.118. The molecule has 0 saturated heterocycles. The quantitative estimate of drug-likeness (QED) is 0.323. The zero-order chi connectivity index (χ0) is 28.0. The lowest BCUT2D eigenvalue weighted by Crippen LogP contribution is -2.25. The van der Waals surface area contributed by atoms with E-state index in [1.54, 1.807) is 23.1 Å². The Morgan fingerprint density at radius 2 is 1.98 bits per heavy atom. The maximum atomic E-state index is 14.0. The number of aromatic nitrogens is 2. The van der Waals surface area contributed by atoms with Crippen LogP contribution in [0.4, 0.5) is 19.0 Å². The molecule has 1 aliphatic heterocycles. The summed E-state index contributed by atoms with van der Waals surface area (Å²) >= 11 is 0. The van der Waals surface area contributed by atoms with Crippen molar-refractivity contribution < 1.29 is 27.2 Å². The number of rotatable bonds is 6. The predicted octanol–water partition coefficient (Wildman–Crippen LogP) is 5.18. The first-order valence-electron chi connectivity index (χ1n) is 12.4. The zero-order valence-electron chi connectivity index (χ0n) is 20.9. The number of nitrogens with one attached hydrogen (secondary N) is 1. The van der Waals surface area contributed by atoms with Crippen LogP contribution in [0.3, 0.4) is 0 Å². The van der Waals surface area contributed by atoms with Crippen LogP contribution in [0.2, 0.25) is 0 Å². The third-order valence-corrected chi connectivity index (χ3v) is 6.80. The summed E-state index contributed by atoms with van der Waals surface area (Å²) in [4.78, 5) is 34.8. The van der Waals surface area contributed by atoms with E-state index in [1.165, 1.54) is 48.3 Å². The van der Waals surface area contributed by atoms with Crippen LogP contribution in [-0.4, -0.2) is 33.2 Å². The molecule has 0 spiro atoms. The topological polar surface area (TPSA) is 114 Å². The van der Waals surface area contributed by atoms with Crippen molar-refractivity contribution in [1.29, 1.82) is 0 Å². The number of hydrogen-bond donors (Lipinski definition) is 2. The molecule has 1 aliphatic carbocycles. The van der Waals surface area contributed by atoms with Crippen molar-refractivity contribution in [3.63, 3.8) is 0 Å². The van der Waals surface area contributed by atoms with Crippen molar-refractivity contribution in [3.8, 4) is 11.3 Å². The maximum Gasteiger partial charge on any atom is 0.420 e. The number of carbonyl (C=O) groups is 2. The second-order valence-corrected chi connectivity index (χ2v) is 9.71. The molecule has 11 heteroatoms. The summed E-state index contributed by atoms with van der Waals surface area (Å²) < 4.78 is 47.4. The molecule has 1 saturated carbocycles. The van der Waals surface area contributed by atoms with Gasteiger partial charge in [-0.25, -0.2) is 4.98 Å². The average molecular weight is 546 g/mol. The highest BCUT2D eigenvalue weighted by Crippen LogP contribution is 2.43. The number of furan rings is 1. The molecule has 3 N–H and O–H groups in total. The van der Waals surface area contributed by atoms with Gasteiger partial charge in [0.25, 0.3) is 5.91 Å². The Balaban J connectivity index is 1.21. The molecular weight excluding hydrogens is 523 g/mol. The number of anilines is 1. The van der Waals surface area contributed by atoms with Crippen molar-refractivity contribution in [2.24, 2.45) is 5.92 Å². The molecule has 6 rings (SSSR count). The number of carbonyl (C=O) groups excluding carboxylic acids is 2. The maximum absolute atomic E-state index is 14.0. The van der Waals surface area contributed by atoms with Gasteiger partial charge < -0.3 is 20.4 Å². The number of nitrogens with zero attached hydrogens (tertiary/aromatic N) is 3. The van der Waals surface area contributed by atoms with Crippen LogP contribution in [-0.2, 0) is 17.5 Å². The van der Waals surface area contributed by atoms with Crippen LogP contribution < -0.4 is 11.1 Å². The Kier molecular flexibility index (Phi) is 6.13. The first kappa shape index (κ1) is 25.4. The third-order valence-electron chi connectivity index (χ3n) is 6.80. The summed E-state index contributed by atoms with van der Waals surface area (Å²) in [5.41, 5.74) is 7.03. The van der Waals surface area contributed by atoms with Gasteiger partial charge in [-0.05, 0) is 66.1 Å². The molecule has 40 heavy (non-hydrogen) atoms. The minimum Gasteiger partial charge on any atom is -0.459 e. The van der Waals surface area contributed by atoms with E-state index in [4.69, 9.17) is 10.2 Å². The van der Waals surface area contributed by atoms with E-state index in [0.29, 0.717) is 29.4 Å². The van der Waals surface area contributed by atoms with Gasteiger partial charge in [0.1, 0.15) is 17.2 Å². The van der Waals surface area contributed by atoms with Crippen molar-refractivity contribution >= 4 is 34.7 Å². The summed E-state index contributed by atoms with van der Waals surface area (Å²) in [5, 5.41) is 2.80. The second-order valence-electron chi connectivity index (χ2n) is 9.71. The van der Waals surface area contributed by atoms with Gasteiger partial charge >= 0.3 is 6.18 Å². The molecule has 1 aromatic carbocycles. The number of hydrogen-bond acceptors (Lipinski definition) is 6. The third kappa shape index (κ3) is 5.18. The lowest BCUT2D eigenvalue weighted by molar-refractivity contribution is -0.136. The molecule has 202 valence electrons. The minimum atomic E-state index is -4.69. The fourth-order valence-electron chi connectivity index (χ4n) is 4.63. The van der Waals surface area contributed by atoms with Gasteiger partial charge in [0, 0.05) is 48.1 Å². The van der Waals surface area contributed by atoms with E-state index in [-0.39, 0.29) is 40.4 Å². The van der Waals surface area contributed by atoms with Crippen molar-refractivity contribution in [3.05, 3.63) is 95.2 Å². The van der Waals surface area contributed by atoms with Gasteiger partial charge in [-0.15, -0.1) is 0 Å². The first-order chi connectivity index (χ1) is 19.1. The lowest BCUT2D eigenvalue weighted by Gasteiger charge is -2.15. The molecule has 3 aromatic heterocycles. The summed E-state index contributed by atoms with van der Waals surface area (Å²) in [6.45, 7) is 0.536. The van der Waals surface area contributed by atoms with Crippen LogP contribution >= 0.6 is 0 Å². The largest absolute Gasteiger partial charge is 0.459 e. The van der Waals surface area contributed by atoms with Crippen molar-refractivity contribution in [1.82, 2.24) is 20.2 Å². The van der Waals surface area contributed by atoms with Crippen molar-refractivity contribution in [2.45, 2.75) is 19.1 Å². The van der Waals surface area contributed by atoms with Crippen LogP contribution in [0, 0.1) is 5.92 Å². The Morgan fingerprint density at radius 3 is 2.65 bits per heavy atom. The molecule has 4 aromatic rings. The second kappa shape index (κ2) is 9.67. The number of fused-ring (bicyclic) bond motifs is 2. The molecule has 2 aliphatic rings. The van der Waals surface area contributed by atoms with E-state index in [2.05, 4.69) is 15.3 Å². The van der Waals surface area contributed by atoms with Gasteiger partial charge in [-0.2, -0.15) is 13.2 Å². The molecule has 1 atom stereocenters. The highest BCUT2D eigenvalue weighted by Gasteiger charge is 2.39. The van der Waals surface area contributed by atoms with Gasteiger partial charge in [0.15, 0.2) is 0 Å². The highest BCUT2D eigenvalue weighted by atomic mass is 19.4. The van der Waals surface area contributed by atoms with Gasteiger partial charge in [-0.3, -0.25) is 14.6 Å². The molecular formula is C29H22F3N5O3. The predicted molar refractivity (Wildman–Crippen MR) is 141 cm³/mol. The normalized spacial score (nSPS) is 16.3. The summed E-state index contributed by atoms with van der Waals surface area (Å²) in [6.07, 6.45) is 3.89. The monoisotopic (exact) mass is 545 g/mol. The lowest BCUT2D eigenvalue weighted by atomic mass is 10.0. The molecule has 1 unspecified atom stereocenters. The zero-order valence-corrected chi connectivity index (χ0v) is 20.9. The van der Waals surface area contributed by atoms with Gasteiger partial charge in [0.2, 0.25) is 5.91 Å². The van der Waals surface area contributed by atoms with E-state index >= 15 is 0 Å². The van der Waals surface area contributed by atoms with E-state index in [0.717, 1.165) is 12.5 Å². The summed E-state index contributed by atoms with van der Waals surface area (Å²) in [7, 11) is 0.